The van der Waals surface area contributed by atoms with Crippen LogP contribution >= 0.6 is 0 Å². The van der Waals surface area contributed by atoms with Crippen LogP contribution in [-0.2, 0) is 10.0 Å². The van der Waals surface area contributed by atoms with Gasteiger partial charge in [0.15, 0.2) is 0 Å². The van der Waals surface area contributed by atoms with Crippen LogP contribution in [0.15, 0.2) is 103 Å². The molecule has 33 heavy (non-hydrogen) atoms. The van der Waals surface area contributed by atoms with E-state index in [4.69, 9.17) is 0 Å². The molecule has 4 nitrogen and oxygen atoms in total. The van der Waals surface area contributed by atoms with Crippen LogP contribution in [0.25, 0.3) is 10.8 Å². The maximum atomic E-state index is 13.3. The third-order valence-electron chi connectivity index (χ3n) is 6.80. The van der Waals surface area contributed by atoms with Gasteiger partial charge in [-0.05, 0) is 52.4 Å². The summed E-state index contributed by atoms with van der Waals surface area (Å²) in [6.07, 6.45) is 8.63. The second-order valence-electron chi connectivity index (χ2n) is 8.69. The van der Waals surface area contributed by atoms with Crippen LogP contribution in [0, 0.1) is 5.92 Å². The molecule has 1 aliphatic carbocycles. The highest BCUT2D eigenvalue weighted by Gasteiger charge is 2.39. The Balaban J connectivity index is 1.57. The lowest BCUT2D eigenvalue weighted by atomic mass is 9.76. The maximum Gasteiger partial charge on any atom is 0.243 e. The number of rotatable bonds is 7. The zero-order valence-electron chi connectivity index (χ0n) is 18.5. The molecule has 168 valence electrons. The first-order valence-electron chi connectivity index (χ1n) is 11.3. The standard InChI is InChI=1S/C28H28N2O2S/c1-3-17-30(18-4-2)33(31,32)21-15-16-27-26(19-21)23-12-8-14-25(23)28(29-27)24-13-7-10-20-9-5-6-11-22(20)24/h3-13,15-16,19,23,25,28-29H,1-2,14,17-18H2. The van der Waals surface area contributed by atoms with Gasteiger partial charge in [0, 0.05) is 24.7 Å². The molecule has 0 amide bonds. The van der Waals surface area contributed by atoms with Crippen molar-refractivity contribution in [2.24, 2.45) is 5.92 Å². The molecule has 5 heteroatoms. The minimum Gasteiger partial charge on any atom is -0.378 e. The van der Waals surface area contributed by atoms with Crippen LogP contribution in [0.5, 0.6) is 0 Å². The molecule has 0 radical (unpaired) electrons. The number of allylic oxidation sites excluding steroid dienone is 2. The number of nitrogens with zero attached hydrogens (tertiary/aromatic N) is 1. The molecule has 3 aromatic carbocycles. The number of fused-ring (bicyclic) bond motifs is 4. The van der Waals surface area contributed by atoms with Crippen LogP contribution in [0.2, 0.25) is 0 Å². The number of hydrogen-bond acceptors (Lipinski definition) is 3. The Morgan fingerprint density at radius 3 is 2.52 bits per heavy atom. The van der Waals surface area contributed by atoms with Crippen molar-refractivity contribution < 1.29 is 8.42 Å². The van der Waals surface area contributed by atoms with E-state index in [0.29, 0.717) is 10.8 Å². The molecule has 0 saturated carbocycles. The number of anilines is 1. The van der Waals surface area contributed by atoms with Crippen LogP contribution < -0.4 is 5.32 Å². The summed E-state index contributed by atoms with van der Waals surface area (Å²) in [5, 5.41) is 6.25. The first kappa shape index (κ1) is 21.7. The first-order valence-corrected chi connectivity index (χ1v) is 12.8. The molecular formula is C28H28N2O2S. The normalized spacial score (nSPS) is 21.4. The molecule has 0 bridgehead atoms. The van der Waals surface area contributed by atoms with Gasteiger partial charge in [0.1, 0.15) is 0 Å². The quantitative estimate of drug-likeness (QED) is 0.442. The third kappa shape index (κ3) is 3.71. The monoisotopic (exact) mass is 456 g/mol. The van der Waals surface area contributed by atoms with Gasteiger partial charge in [0.25, 0.3) is 0 Å². The van der Waals surface area contributed by atoms with Gasteiger partial charge in [0.05, 0.1) is 10.9 Å². The predicted octanol–water partition coefficient (Wildman–Crippen LogP) is 6.03. The molecule has 0 saturated heterocycles. The summed E-state index contributed by atoms with van der Waals surface area (Å²) >= 11 is 0. The summed E-state index contributed by atoms with van der Waals surface area (Å²) < 4.78 is 28.0. The SMILES string of the molecule is C=CCN(CC=C)S(=O)(=O)c1ccc2c(c1)C1C=CCC1C(c1cccc3ccccc13)N2. The van der Waals surface area contributed by atoms with Crippen molar-refractivity contribution in [2.45, 2.75) is 23.3 Å². The fourth-order valence-corrected chi connectivity index (χ4v) is 6.69. The van der Waals surface area contributed by atoms with Crippen molar-refractivity contribution in [3.8, 4) is 0 Å². The Kier molecular flexibility index (Phi) is 5.69. The lowest BCUT2D eigenvalue weighted by Gasteiger charge is -2.38. The highest BCUT2D eigenvalue weighted by atomic mass is 32.2. The van der Waals surface area contributed by atoms with Gasteiger partial charge >= 0.3 is 0 Å². The van der Waals surface area contributed by atoms with Gasteiger partial charge in [-0.25, -0.2) is 8.42 Å². The fraction of sp³-hybridized carbons (Fsp3) is 0.214. The smallest absolute Gasteiger partial charge is 0.243 e. The van der Waals surface area contributed by atoms with E-state index >= 15 is 0 Å². The van der Waals surface area contributed by atoms with Gasteiger partial charge in [-0.2, -0.15) is 4.31 Å². The fourth-order valence-electron chi connectivity index (χ4n) is 5.27. The average Bonchev–Trinajstić information content (AvgIpc) is 3.33. The van der Waals surface area contributed by atoms with Crippen molar-refractivity contribution in [2.75, 3.05) is 18.4 Å². The number of benzene rings is 3. The summed E-state index contributed by atoms with van der Waals surface area (Å²) in [4.78, 5) is 0.314. The number of nitrogens with one attached hydrogen (secondary N) is 1. The van der Waals surface area contributed by atoms with E-state index in [1.54, 1.807) is 18.2 Å². The zero-order valence-corrected chi connectivity index (χ0v) is 19.3. The first-order chi connectivity index (χ1) is 16.0. The molecule has 0 aromatic heterocycles. The van der Waals surface area contributed by atoms with Gasteiger partial charge in [-0.15, -0.1) is 13.2 Å². The Labute approximate surface area is 196 Å². The average molecular weight is 457 g/mol. The zero-order chi connectivity index (χ0) is 23.0. The summed E-state index contributed by atoms with van der Waals surface area (Å²) in [7, 11) is -3.64. The summed E-state index contributed by atoms with van der Waals surface area (Å²) in [6, 6.07) is 20.6. The van der Waals surface area contributed by atoms with Crippen molar-refractivity contribution in [1.29, 1.82) is 0 Å². The predicted molar refractivity (Wildman–Crippen MR) is 136 cm³/mol. The molecule has 1 N–H and O–H groups in total. The van der Waals surface area contributed by atoms with Crippen LogP contribution in [0.3, 0.4) is 0 Å². The molecule has 0 spiro atoms. The molecule has 2 aliphatic rings. The topological polar surface area (TPSA) is 49.4 Å². The van der Waals surface area contributed by atoms with Crippen molar-refractivity contribution in [3.05, 3.63) is 109 Å². The van der Waals surface area contributed by atoms with Crippen LogP contribution in [-0.4, -0.2) is 25.8 Å². The lowest BCUT2D eigenvalue weighted by Crippen LogP contribution is -2.32. The lowest BCUT2D eigenvalue weighted by molar-refractivity contribution is 0.426. The summed E-state index contributed by atoms with van der Waals surface area (Å²) in [5.74, 6) is 0.506. The van der Waals surface area contributed by atoms with E-state index in [0.717, 1.165) is 17.7 Å². The largest absolute Gasteiger partial charge is 0.378 e. The Hall–Kier alpha value is -3.15. The highest BCUT2D eigenvalue weighted by Crippen LogP contribution is 2.51. The minimum absolute atomic E-state index is 0.157. The van der Waals surface area contributed by atoms with E-state index < -0.39 is 10.0 Å². The number of hydrogen-bond donors (Lipinski definition) is 1. The molecule has 1 heterocycles. The summed E-state index contributed by atoms with van der Waals surface area (Å²) in [6.45, 7) is 7.90. The van der Waals surface area contributed by atoms with E-state index in [1.165, 1.54) is 20.6 Å². The molecule has 1 aliphatic heterocycles. The molecule has 3 aromatic rings. The molecule has 0 fully saturated rings. The van der Waals surface area contributed by atoms with E-state index in [9.17, 15) is 8.42 Å². The minimum atomic E-state index is -3.64. The van der Waals surface area contributed by atoms with Gasteiger partial charge in [-0.1, -0.05) is 66.8 Å². The van der Waals surface area contributed by atoms with Crippen LogP contribution in [0.4, 0.5) is 5.69 Å². The Morgan fingerprint density at radius 1 is 0.970 bits per heavy atom. The van der Waals surface area contributed by atoms with E-state index in [1.807, 2.05) is 12.1 Å². The highest BCUT2D eigenvalue weighted by molar-refractivity contribution is 7.89. The van der Waals surface area contributed by atoms with Crippen molar-refractivity contribution in [1.82, 2.24) is 4.31 Å². The second-order valence-corrected chi connectivity index (χ2v) is 10.6. The van der Waals surface area contributed by atoms with E-state index in [2.05, 4.69) is 73.1 Å². The summed E-state index contributed by atoms with van der Waals surface area (Å²) in [5.41, 5.74) is 3.33. The van der Waals surface area contributed by atoms with Crippen molar-refractivity contribution >= 4 is 26.5 Å². The van der Waals surface area contributed by atoms with Gasteiger partial charge < -0.3 is 5.32 Å². The van der Waals surface area contributed by atoms with Crippen molar-refractivity contribution in [3.63, 3.8) is 0 Å². The number of sulfonamides is 1. The molecule has 3 atom stereocenters. The molecule has 3 unspecified atom stereocenters. The Morgan fingerprint density at radius 2 is 1.73 bits per heavy atom. The Bertz CT molecular complexity index is 1340. The van der Waals surface area contributed by atoms with Crippen LogP contribution in [0.1, 0.15) is 29.5 Å². The third-order valence-corrected chi connectivity index (χ3v) is 8.62. The molecule has 5 rings (SSSR count). The maximum absolute atomic E-state index is 13.3. The van der Waals surface area contributed by atoms with Gasteiger partial charge in [-0.3, -0.25) is 0 Å². The van der Waals surface area contributed by atoms with E-state index in [-0.39, 0.29) is 25.0 Å². The molecular weight excluding hydrogens is 428 g/mol. The second kappa shape index (κ2) is 8.65. The van der Waals surface area contributed by atoms with Gasteiger partial charge in [0.2, 0.25) is 10.0 Å².